The zero-order chi connectivity index (χ0) is 28.4. The van der Waals surface area contributed by atoms with E-state index in [9.17, 15) is 20.0 Å². The number of nitrogens with one attached hydrogen (secondary N) is 1. The monoisotopic (exact) mass is 559 g/mol. The fourth-order valence-corrected chi connectivity index (χ4v) is 5.64. The summed E-state index contributed by atoms with van der Waals surface area (Å²) in [7, 11) is 0. The number of aromatic nitrogens is 4. The number of nitrogens with zero attached hydrogens (tertiary/aromatic N) is 6. The van der Waals surface area contributed by atoms with E-state index in [1.54, 1.807) is 35.2 Å². The van der Waals surface area contributed by atoms with Gasteiger partial charge in [0.2, 0.25) is 18.2 Å². The largest absolute Gasteiger partial charge is 0.392 e. The normalized spacial score (nSPS) is 15.9. The zero-order valence-electron chi connectivity index (χ0n) is 22.4. The molecule has 0 radical (unpaired) electrons. The maximum Gasteiger partial charge on any atom is 0.268 e. The molecule has 0 unspecified atom stereocenters. The molecule has 4 heterocycles. The summed E-state index contributed by atoms with van der Waals surface area (Å²) in [6, 6.07) is 10.8. The lowest BCUT2D eigenvalue weighted by Gasteiger charge is -2.26. The van der Waals surface area contributed by atoms with Crippen molar-refractivity contribution in [2.75, 3.05) is 11.9 Å². The molecule has 12 heteroatoms. The molecule has 0 saturated carbocycles. The van der Waals surface area contributed by atoms with Gasteiger partial charge in [-0.15, -0.1) is 11.3 Å². The maximum atomic E-state index is 13.4. The van der Waals surface area contributed by atoms with Crippen LogP contribution in [0.3, 0.4) is 0 Å². The Balaban J connectivity index is 1.45. The molecular formula is C28H29N7O4S. The summed E-state index contributed by atoms with van der Waals surface area (Å²) < 4.78 is 6.69. The van der Waals surface area contributed by atoms with Crippen molar-refractivity contribution in [3.63, 3.8) is 0 Å². The van der Waals surface area contributed by atoms with Crippen LogP contribution in [0.15, 0.2) is 52.9 Å². The summed E-state index contributed by atoms with van der Waals surface area (Å²) in [6.07, 6.45) is 4.50. The lowest BCUT2D eigenvalue weighted by atomic mass is 9.93. The van der Waals surface area contributed by atoms with Crippen molar-refractivity contribution < 1.29 is 19.2 Å². The Kier molecular flexibility index (Phi) is 7.51. The summed E-state index contributed by atoms with van der Waals surface area (Å²) in [6.45, 7) is 6.63. The van der Waals surface area contributed by atoms with E-state index in [0.29, 0.717) is 45.7 Å². The van der Waals surface area contributed by atoms with Gasteiger partial charge < -0.3 is 19.1 Å². The summed E-state index contributed by atoms with van der Waals surface area (Å²) in [4.78, 5) is 38.2. The molecule has 0 spiro atoms. The van der Waals surface area contributed by atoms with Crippen LogP contribution in [0.4, 0.5) is 5.95 Å². The second kappa shape index (κ2) is 11.0. The zero-order valence-corrected chi connectivity index (χ0v) is 23.2. The van der Waals surface area contributed by atoms with Crippen LogP contribution in [0, 0.1) is 16.7 Å². The standard InChI is InChI=1S/C28H29N7O4S/c1-28(2,3)12-18(13-29)26(38)34-10-4-5-19(34)14-35-21-7-6-17(15-36)11-20(21)31-27(35)32-25(37)23-9-8-22(40-23)24-30-16-39-33-24/h6-9,11-12,16,19,36H,4-5,10,14-15H2,1-3H3,(H,31,32,37)/t19-/m1/s1. The van der Waals surface area contributed by atoms with E-state index < -0.39 is 0 Å². The number of hydrogen-bond acceptors (Lipinski definition) is 9. The van der Waals surface area contributed by atoms with Crippen LogP contribution in [0.2, 0.25) is 0 Å². The summed E-state index contributed by atoms with van der Waals surface area (Å²) in [5, 5.41) is 26.1. The van der Waals surface area contributed by atoms with E-state index in [4.69, 9.17) is 4.52 Å². The number of amides is 2. The van der Waals surface area contributed by atoms with Gasteiger partial charge in [-0.05, 0) is 48.1 Å². The minimum atomic E-state index is -0.349. The van der Waals surface area contributed by atoms with Gasteiger partial charge in [0, 0.05) is 13.1 Å². The third-order valence-electron chi connectivity index (χ3n) is 6.59. The Morgan fingerprint density at radius 3 is 2.83 bits per heavy atom. The lowest BCUT2D eigenvalue weighted by molar-refractivity contribution is -0.127. The van der Waals surface area contributed by atoms with E-state index >= 15 is 0 Å². The van der Waals surface area contributed by atoms with Crippen molar-refractivity contribution in [2.45, 2.75) is 52.8 Å². The average Bonchev–Trinajstić information content (AvgIpc) is 3.73. The number of imidazole rings is 1. The van der Waals surface area contributed by atoms with Gasteiger partial charge in [0.25, 0.3) is 11.8 Å². The van der Waals surface area contributed by atoms with Crippen LogP contribution in [0.25, 0.3) is 21.7 Å². The molecular weight excluding hydrogens is 530 g/mol. The first-order valence-corrected chi connectivity index (χ1v) is 13.7. The first kappa shape index (κ1) is 27.2. The van der Waals surface area contributed by atoms with E-state index in [-0.39, 0.29) is 35.5 Å². The Labute approximate surface area is 234 Å². The molecule has 1 fully saturated rings. The molecule has 206 valence electrons. The first-order valence-electron chi connectivity index (χ1n) is 12.9. The second-order valence-electron chi connectivity index (χ2n) is 10.7. The number of fused-ring (bicyclic) bond motifs is 1. The molecule has 5 rings (SSSR count). The Morgan fingerprint density at radius 2 is 2.12 bits per heavy atom. The van der Waals surface area contributed by atoms with Crippen molar-refractivity contribution >= 4 is 40.1 Å². The number of rotatable bonds is 7. The molecule has 1 aliphatic rings. The number of carbonyl (C=O) groups is 2. The fourth-order valence-electron chi connectivity index (χ4n) is 4.81. The number of aliphatic hydroxyl groups excluding tert-OH is 1. The van der Waals surface area contributed by atoms with E-state index in [1.165, 1.54) is 17.7 Å². The van der Waals surface area contributed by atoms with Crippen molar-refractivity contribution in [3.05, 3.63) is 58.8 Å². The van der Waals surface area contributed by atoms with Gasteiger partial charge in [0.1, 0.15) is 11.6 Å². The summed E-state index contributed by atoms with van der Waals surface area (Å²) in [5.74, 6) is 0.0914. The molecule has 1 aliphatic heterocycles. The molecule has 40 heavy (non-hydrogen) atoms. The third kappa shape index (κ3) is 5.66. The number of hydrogen-bond donors (Lipinski definition) is 2. The minimum Gasteiger partial charge on any atom is -0.392 e. The van der Waals surface area contributed by atoms with Crippen LogP contribution < -0.4 is 5.32 Å². The molecule has 0 aliphatic carbocycles. The predicted molar refractivity (Wildman–Crippen MR) is 149 cm³/mol. The van der Waals surface area contributed by atoms with Gasteiger partial charge in [0.15, 0.2) is 0 Å². The number of allylic oxidation sites excluding steroid dienone is 1. The van der Waals surface area contributed by atoms with Crippen molar-refractivity contribution in [1.82, 2.24) is 24.6 Å². The number of carbonyl (C=O) groups excluding carboxylic acids is 2. The Bertz CT molecular complexity index is 1620. The quantitative estimate of drug-likeness (QED) is 0.250. The number of nitriles is 1. The Morgan fingerprint density at radius 1 is 1.30 bits per heavy atom. The van der Waals surface area contributed by atoms with Crippen LogP contribution in [-0.4, -0.2) is 54.1 Å². The first-order chi connectivity index (χ1) is 19.2. The lowest BCUT2D eigenvalue weighted by Crippen LogP contribution is -2.39. The molecule has 4 aromatic rings. The summed E-state index contributed by atoms with van der Waals surface area (Å²) >= 11 is 1.23. The molecule has 1 saturated heterocycles. The van der Waals surface area contributed by atoms with Crippen LogP contribution in [-0.2, 0) is 17.9 Å². The molecule has 2 amide bonds. The van der Waals surface area contributed by atoms with Gasteiger partial charge in [-0.2, -0.15) is 10.2 Å². The SMILES string of the molecule is CC(C)(C)C=C(C#N)C(=O)N1CCC[C@@H]1Cn1c(NC(=O)c2ccc(-c3ncon3)s2)nc2cc(CO)ccc21. The molecule has 1 atom stereocenters. The maximum absolute atomic E-state index is 13.4. The number of thiophene rings is 1. The second-order valence-corrected chi connectivity index (χ2v) is 11.8. The minimum absolute atomic E-state index is 0.131. The molecule has 1 aromatic carbocycles. The topological polar surface area (TPSA) is 150 Å². The Hall–Kier alpha value is -4.34. The third-order valence-corrected chi connectivity index (χ3v) is 7.67. The van der Waals surface area contributed by atoms with Gasteiger partial charge in [0.05, 0.1) is 33.4 Å². The van der Waals surface area contributed by atoms with Gasteiger partial charge >= 0.3 is 0 Å². The summed E-state index contributed by atoms with van der Waals surface area (Å²) in [5.41, 5.74) is 1.88. The smallest absolute Gasteiger partial charge is 0.268 e. The van der Waals surface area contributed by atoms with E-state index in [1.807, 2.05) is 31.4 Å². The molecule has 0 bridgehead atoms. The van der Waals surface area contributed by atoms with Crippen LogP contribution >= 0.6 is 11.3 Å². The van der Waals surface area contributed by atoms with Crippen molar-refractivity contribution in [2.24, 2.45) is 5.41 Å². The number of likely N-dealkylation sites (tertiary alicyclic amines) is 1. The highest BCUT2D eigenvalue weighted by Gasteiger charge is 2.32. The van der Waals surface area contributed by atoms with Crippen LogP contribution in [0.5, 0.6) is 0 Å². The van der Waals surface area contributed by atoms with Gasteiger partial charge in [-0.3, -0.25) is 14.9 Å². The number of anilines is 1. The van der Waals surface area contributed by atoms with Crippen LogP contribution in [0.1, 0.15) is 48.8 Å². The van der Waals surface area contributed by atoms with E-state index in [0.717, 1.165) is 18.4 Å². The van der Waals surface area contributed by atoms with E-state index in [2.05, 4.69) is 26.5 Å². The highest BCUT2D eigenvalue weighted by Crippen LogP contribution is 2.30. The predicted octanol–water partition coefficient (Wildman–Crippen LogP) is 4.38. The van der Waals surface area contributed by atoms with Crippen molar-refractivity contribution in [1.29, 1.82) is 5.26 Å². The highest BCUT2D eigenvalue weighted by molar-refractivity contribution is 7.17. The highest BCUT2D eigenvalue weighted by atomic mass is 32.1. The molecule has 3 aromatic heterocycles. The molecule has 11 nitrogen and oxygen atoms in total. The number of aliphatic hydroxyl groups is 1. The number of benzene rings is 1. The fraction of sp³-hybridized carbons (Fsp3) is 0.357. The van der Waals surface area contributed by atoms with Crippen molar-refractivity contribution in [3.8, 4) is 16.8 Å². The van der Waals surface area contributed by atoms with Gasteiger partial charge in [-0.1, -0.05) is 38.1 Å². The molecule has 2 N–H and O–H groups in total. The average molecular weight is 560 g/mol. The van der Waals surface area contributed by atoms with Gasteiger partial charge in [-0.25, -0.2) is 4.98 Å².